The van der Waals surface area contributed by atoms with Crippen molar-refractivity contribution in [3.05, 3.63) is 0 Å². The predicted octanol–water partition coefficient (Wildman–Crippen LogP) is 0.231. The smallest absolute Gasteiger partial charge is 0.342 e. The Balaban J connectivity index is 2.82. The molecule has 0 fully saturated rings. The Morgan fingerprint density at radius 1 is 1.53 bits per heavy atom. The zero-order chi connectivity index (χ0) is 13.4. The van der Waals surface area contributed by atoms with E-state index in [1.165, 1.54) is 0 Å². The number of hydrogen-bond donors (Lipinski definition) is 3. The maximum absolute atomic E-state index is 11.9. The summed E-state index contributed by atoms with van der Waals surface area (Å²) in [6.45, 7) is 9.31. The van der Waals surface area contributed by atoms with Crippen molar-refractivity contribution in [1.29, 1.82) is 0 Å². The molecule has 4 N–H and O–H groups in total. The number of hydrazine groups is 1. The standard InChI is InChI=1S/C10H21N5O2/c1-6(2)7-13-15(9(17)14(7)11)8(16)12-10(3,4)5/h6,9,17H,11H2,1-5H3,(H,12,16). The quantitative estimate of drug-likeness (QED) is 0.575. The van der Waals surface area contributed by atoms with Gasteiger partial charge in [-0.15, -0.1) is 5.10 Å². The second kappa shape index (κ2) is 4.50. The molecule has 0 bridgehead atoms. The highest BCUT2D eigenvalue weighted by Crippen LogP contribution is 2.16. The van der Waals surface area contributed by atoms with E-state index in [0.29, 0.717) is 5.84 Å². The molecule has 0 spiro atoms. The van der Waals surface area contributed by atoms with Gasteiger partial charge in [0.25, 0.3) is 0 Å². The van der Waals surface area contributed by atoms with Gasteiger partial charge in [-0.05, 0) is 20.8 Å². The molecule has 1 aliphatic heterocycles. The molecular formula is C10H21N5O2. The third-order valence-electron chi connectivity index (χ3n) is 2.15. The monoisotopic (exact) mass is 243 g/mol. The summed E-state index contributed by atoms with van der Waals surface area (Å²) in [5.74, 6) is 6.15. The normalized spacial score (nSPS) is 20.9. The number of carbonyl (C=O) groups excluding carboxylic acids is 1. The van der Waals surface area contributed by atoms with Gasteiger partial charge in [0.05, 0.1) is 0 Å². The van der Waals surface area contributed by atoms with E-state index in [4.69, 9.17) is 5.84 Å². The van der Waals surface area contributed by atoms with Crippen molar-refractivity contribution in [2.45, 2.75) is 46.5 Å². The molecule has 1 heterocycles. The van der Waals surface area contributed by atoms with Crippen molar-refractivity contribution >= 4 is 11.9 Å². The van der Waals surface area contributed by atoms with Crippen LogP contribution in [-0.2, 0) is 0 Å². The molecule has 1 unspecified atom stereocenters. The number of urea groups is 1. The Morgan fingerprint density at radius 2 is 2.06 bits per heavy atom. The van der Waals surface area contributed by atoms with Crippen LogP contribution in [0.15, 0.2) is 5.10 Å². The van der Waals surface area contributed by atoms with Crippen LogP contribution in [0.2, 0.25) is 0 Å². The number of nitrogens with one attached hydrogen (secondary N) is 1. The molecule has 0 aromatic rings. The largest absolute Gasteiger partial charge is 0.354 e. The van der Waals surface area contributed by atoms with Crippen molar-refractivity contribution in [3.63, 3.8) is 0 Å². The van der Waals surface area contributed by atoms with Crippen LogP contribution in [0, 0.1) is 5.92 Å². The summed E-state index contributed by atoms with van der Waals surface area (Å²) in [4.78, 5) is 11.9. The number of nitrogens with two attached hydrogens (primary N) is 1. The highest BCUT2D eigenvalue weighted by Gasteiger charge is 2.36. The second-order valence-electron chi connectivity index (χ2n) is 5.39. The van der Waals surface area contributed by atoms with E-state index in [-0.39, 0.29) is 5.92 Å². The van der Waals surface area contributed by atoms with Crippen LogP contribution < -0.4 is 11.2 Å². The van der Waals surface area contributed by atoms with E-state index < -0.39 is 17.9 Å². The maximum atomic E-state index is 11.9. The van der Waals surface area contributed by atoms with Gasteiger partial charge in [0.2, 0.25) is 6.35 Å². The summed E-state index contributed by atoms with van der Waals surface area (Å²) in [7, 11) is 0. The fourth-order valence-electron chi connectivity index (χ4n) is 1.39. The summed E-state index contributed by atoms with van der Waals surface area (Å²) >= 11 is 0. The fraction of sp³-hybridized carbons (Fsp3) is 0.800. The summed E-state index contributed by atoms with van der Waals surface area (Å²) in [6, 6.07) is -0.476. The van der Waals surface area contributed by atoms with Crippen LogP contribution in [0.4, 0.5) is 4.79 Å². The molecule has 98 valence electrons. The molecule has 1 rings (SSSR count). The lowest BCUT2D eigenvalue weighted by Crippen LogP contribution is -2.53. The molecule has 17 heavy (non-hydrogen) atoms. The maximum Gasteiger partial charge on any atom is 0.342 e. The molecule has 0 aliphatic carbocycles. The molecule has 0 saturated heterocycles. The number of hydrogen-bond acceptors (Lipinski definition) is 5. The number of amidine groups is 1. The van der Waals surface area contributed by atoms with E-state index in [2.05, 4.69) is 10.4 Å². The molecule has 0 aromatic heterocycles. The number of amides is 2. The van der Waals surface area contributed by atoms with Crippen LogP contribution in [-0.4, -0.2) is 38.9 Å². The van der Waals surface area contributed by atoms with Gasteiger partial charge in [-0.3, -0.25) is 0 Å². The van der Waals surface area contributed by atoms with E-state index in [9.17, 15) is 9.90 Å². The number of aliphatic hydroxyl groups excluding tert-OH is 1. The first kappa shape index (κ1) is 13.7. The number of aliphatic hydroxyl groups is 1. The number of nitrogens with zero attached hydrogens (tertiary/aromatic N) is 3. The summed E-state index contributed by atoms with van der Waals surface area (Å²) in [6.07, 6.45) is -1.25. The van der Waals surface area contributed by atoms with Crippen molar-refractivity contribution in [3.8, 4) is 0 Å². The van der Waals surface area contributed by atoms with Crippen LogP contribution >= 0.6 is 0 Å². The first-order valence-electron chi connectivity index (χ1n) is 5.55. The van der Waals surface area contributed by atoms with E-state index in [1.54, 1.807) is 0 Å². The van der Waals surface area contributed by atoms with Crippen LogP contribution in [0.1, 0.15) is 34.6 Å². The van der Waals surface area contributed by atoms with Gasteiger partial charge in [-0.1, -0.05) is 13.8 Å². The van der Waals surface area contributed by atoms with Crippen molar-refractivity contribution < 1.29 is 9.90 Å². The minimum atomic E-state index is -1.25. The molecule has 1 aliphatic rings. The van der Waals surface area contributed by atoms with Crippen LogP contribution in [0.3, 0.4) is 0 Å². The molecule has 7 heteroatoms. The highest BCUT2D eigenvalue weighted by atomic mass is 16.3. The van der Waals surface area contributed by atoms with Gasteiger partial charge in [0, 0.05) is 11.5 Å². The fourth-order valence-corrected chi connectivity index (χ4v) is 1.39. The summed E-state index contributed by atoms with van der Waals surface area (Å²) < 4.78 is 0. The average molecular weight is 243 g/mol. The summed E-state index contributed by atoms with van der Waals surface area (Å²) in [5, 5.41) is 18.6. The SMILES string of the molecule is CC(C)C1=NN(C(=O)NC(C)(C)C)C(O)N1N. The third kappa shape index (κ3) is 3.07. The average Bonchev–Trinajstić information content (AvgIpc) is 2.41. The van der Waals surface area contributed by atoms with Crippen molar-refractivity contribution in [2.75, 3.05) is 0 Å². The number of carbonyl (C=O) groups is 1. The van der Waals surface area contributed by atoms with E-state index in [0.717, 1.165) is 10.0 Å². The van der Waals surface area contributed by atoms with Gasteiger partial charge >= 0.3 is 6.03 Å². The van der Waals surface area contributed by atoms with Gasteiger partial charge in [-0.25, -0.2) is 15.6 Å². The molecular weight excluding hydrogens is 222 g/mol. The lowest BCUT2D eigenvalue weighted by molar-refractivity contribution is -0.0372. The first-order chi connectivity index (χ1) is 7.63. The molecule has 7 nitrogen and oxygen atoms in total. The molecule has 1 atom stereocenters. The zero-order valence-corrected chi connectivity index (χ0v) is 10.9. The minimum absolute atomic E-state index is 0.0297. The van der Waals surface area contributed by atoms with Gasteiger partial charge in [0.15, 0.2) is 0 Å². The number of hydrazone groups is 1. The Hall–Kier alpha value is -1.34. The minimum Gasteiger partial charge on any atom is -0.354 e. The van der Waals surface area contributed by atoms with Crippen molar-refractivity contribution in [2.24, 2.45) is 16.9 Å². The zero-order valence-electron chi connectivity index (χ0n) is 10.9. The van der Waals surface area contributed by atoms with Gasteiger partial charge in [-0.2, -0.15) is 5.01 Å². The Bertz CT molecular complexity index is 334. The third-order valence-corrected chi connectivity index (χ3v) is 2.15. The molecule has 0 aromatic carbocycles. The first-order valence-corrected chi connectivity index (χ1v) is 5.55. The van der Waals surface area contributed by atoms with Gasteiger partial charge in [0.1, 0.15) is 5.84 Å². The van der Waals surface area contributed by atoms with Gasteiger partial charge < -0.3 is 10.4 Å². The Labute approximate surface area is 101 Å². The Morgan fingerprint density at radius 3 is 2.41 bits per heavy atom. The predicted molar refractivity (Wildman–Crippen MR) is 64.4 cm³/mol. The Kier molecular flexibility index (Phi) is 3.63. The van der Waals surface area contributed by atoms with Crippen LogP contribution in [0.25, 0.3) is 0 Å². The number of rotatable bonds is 1. The van der Waals surface area contributed by atoms with E-state index >= 15 is 0 Å². The topological polar surface area (TPSA) is 94.2 Å². The second-order valence-corrected chi connectivity index (χ2v) is 5.39. The lowest BCUT2D eigenvalue weighted by Gasteiger charge is -2.26. The van der Waals surface area contributed by atoms with E-state index in [1.807, 2.05) is 34.6 Å². The molecule has 0 saturated carbocycles. The highest BCUT2D eigenvalue weighted by molar-refractivity contribution is 5.88. The molecule has 0 radical (unpaired) electrons. The molecule has 2 amide bonds. The van der Waals surface area contributed by atoms with Crippen LogP contribution in [0.5, 0.6) is 0 Å². The van der Waals surface area contributed by atoms with Crippen molar-refractivity contribution in [1.82, 2.24) is 15.3 Å². The lowest BCUT2D eigenvalue weighted by atomic mass is 10.1. The summed E-state index contributed by atoms with van der Waals surface area (Å²) in [5.41, 5.74) is -0.396.